The van der Waals surface area contributed by atoms with Crippen molar-refractivity contribution in [2.45, 2.75) is 5.33 Å². The number of alkyl halides is 1. The van der Waals surface area contributed by atoms with E-state index in [0.717, 1.165) is 22.9 Å². The van der Waals surface area contributed by atoms with E-state index in [-0.39, 0.29) is 0 Å². The standard InChI is InChI=1S/C16H11BrN4/c17-10-15-19-20-16(13-8-6-12(11-18)7-9-13)21(15)14-4-2-1-3-5-14/h1-9H,10H2. The number of halogens is 1. The van der Waals surface area contributed by atoms with Crippen LogP contribution in [0, 0.1) is 11.3 Å². The molecule has 0 spiro atoms. The van der Waals surface area contributed by atoms with Gasteiger partial charge < -0.3 is 0 Å². The minimum atomic E-state index is 0.616. The van der Waals surface area contributed by atoms with Gasteiger partial charge in [-0.05, 0) is 36.4 Å². The van der Waals surface area contributed by atoms with E-state index in [1.807, 2.05) is 47.0 Å². The summed E-state index contributed by atoms with van der Waals surface area (Å²) in [7, 11) is 0. The first-order valence-corrected chi connectivity index (χ1v) is 7.52. The number of aromatic nitrogens is 3. The van der Waals surface area contributed by atoms with Crippen LogP contribution in [0.25, 0.3) is 17.1 Å². The SMILES string of the molecule is N#Cc1ccc(-c2nnc(CBr)n2-c2ccccc2)cc1. The van der Waals surface area contributed by atoms with Crippen molar-refractivity contribution in [3.63, 3.8) is 0 Å². The van der Waals surface area contributed by atoms with Crippen LogP contribution in [-0.4, -0.2) is 14.8 Å². The highest BCUT2D eigenvalue weighted by atomic mass is 79.9. The average molecular weight is 339 g/mol. The Morgan fingerprint density at radius 1 is 1.00 bits per heavy atom. The first-order chi connectivity index (χ1) is 10.3. The van der Waals surface area contributed by atoms with Gasteiger partial charge in [0, 0.05) is 11.3 Å². The summed E-state index contributed by atoms with van der Waals surface area (Å²) in [5.74, 6) is 1.60. The quantitative estimate of drug-likeness (QED) is 0.684. The molecule has 2 aromatic carbocycles. The topological polar surface area (TPSA) is 54.5 Å². The zero-order chi connectivity index (χ0) is 14.7. The Kier molecular flexibility index (Phi) is 3.80. The third-order valence-electron chi connectivity index (χ3n) is 3.14. The Hall–Kier alpha value is -2.45. The monoisotopic (exact) mass is 338 g/mol. The Labute approximate surface area is 130 Å². The summed E-state index contributed by atoms with van der Waals surface area (Å²) in [4.78, 5) is 0. The minimum Gasteiger partial charge on any atom is -0.278 e. The molecular weight excluding hydrogens is 328 g/mol. The van der Waals surface area contributed by atoms with Gasteiger partial charge in [-0.15, -0.1) is 10.2 Å². The molecule has 0 atom stereocenters. The second kappa shape index (κ2) is 5.90. The largest absolute Gasteiger partial charge is 0.278 e. The Balaban J connectivity index is 2.15. The normalized spacial score (nSPS) is 10.3. The fourth-order valence-electron chi connectivity index (χ4n) is 2.13. The zero-order valence-electron chi connectivity index (χ0n) is 11.1. The molecule has 3 aromatic rings. The molecular formula is C16H11BrN4. The van der Waals surface area contributed by atoms with Crippen LogP contribution in [0.3, 0.4) is 0 Å². The van der Waals surface area contributed by atoms with Gasteiger partial charge in [0.25, 0.3) is 0 Å². The first kappa shape index (κ1) is 13.5. The van der Waals surface area contributed by atoms with Crippen molar-refractivity contribution >= 4 is 15.9 Å². The van der Waals surface area contributed by atoms with Gasteiger partial charge in [-0.1, -0.05) is 34.1 Å². The van der Waals surface area contributed by atoms with Crippen molar-refractivity contribution in [1.29, 1.82) is 5.26 Å². The van der Waals surface area contributed by atoms with Crippen LogP contribution < -0.4 is 0 Å². The molecule has 0 unspecified atom stereocenters. The molecule has 0 aliphatic heterocycles. The van der Waals surface area contributed by atoms with Crippen LogP contribution in [0.15, 0.2) is 54.6 Å². The number of benzene rings is 2. The molecule has 0 aliphatic carbocycles. The van der Waals surface area contributed by atoms with Crippen molar-refractivity contribution in [3.05, 3.63) is 66.0 Å². The Morgan fingerprint density at radius 2 is 1.71 bits per heavy atom. The van der Waals surface area contributed by atoms with Crippen LogP contribution in [0.1, 0.15) is 11.4 Å². The van der Waals surface area contributed by atoms with Gasteiger partial charge in [0.05, 0.1) is 17.0 Å². The van der Waals surface area contributed by atoms with E-state index in [2.05, 4.69) is 32.2 Å². The number of rotatable bonds is 3. The van der Waals surface area contributed by atoms with Gasteiger partial charge in [0.15, 0.2) is 5.82 Å². The second-order valence-electron chi connectivity index (χ2n) is 4.43. The van der Waals surface area contributed by atoms with Gasteiger partial charge in [-0.3, -0.25) is 4.57 Å². The third-order valence-corrected chi connectivity index (χ3v) is 3.64. The molecule has 0 N–H and O–H groups in total. The smallest absolute Gasteiger partial charge is 0.168 e. The molecule has 102 valence electrons. The van der Waals surface area contributed by atoms with E-state index in [1.54, 1.807) is 12.1 Å². The highest BCUT2D eigenvalue weighted by molar-refractivity contribution is 9.08. The van der Waals surface area contributed by atoms with E-state index in [4.69, 9.17) is 5.26 Å². The van der Waals surface area contributed by atoms with E-state index in [1.165, 1.54) is 0 Å². The molecule has 0 aliphatic rings. The van der Waals surface area contributed by atoms with E-state index >= 15 is 0 Å². The van der Waals surface area contributed by atoms with E-state index in [0.29, 0.717) is 10.9 Å². The third kappa shape index (κ3) is 2.58. The zero-order valence-corrected chi connectivity index (χ0v) is 12.7. The summed E-state index contributed by atoms with van der Waals surface area (Å²) in [6, 6.07) is 19.4. The summed E-state index contributed by atoms with van der Waals surface area (Å²) in [5, 5.41) is 18.0. The molecule has 21 heavy (non-hydrogen) atoms. The lowest BCUT2D eigenvalue weighted by atomic mass is 10.1. The molecule has 0 radical (unpaired) electrons. The van der Waals surface area contributed by atoms with Crippen LogP contribution in [0.5, 0.6) is 0 Å². The summed E-state index contributed by atoms with van der Waals surface area (Å²) >= 11 is 3.45. The molecule has 0 saturated carbocycles. The molecule has 0 bridgehead atoms. The van der Waals surface area contributed by atoms with Crippen molar-refractivity contribution in [3.8, 4) is 23.1 Å². The average Bonchev–Trinajstić information content (AvgIpc) is 2.99. The summed E-state index contributed by atoms with van der Waals surface area (Å²) in [6.07, 6.45) is 0. The van der Waals surface area contributed by atoms with E-state index in [9.17, 15) is 0 Å². The lowest BCUT2D eigenvalue weighted by molar-refractivity contribution is 0.962. The predicted molar refractivity (Wildman–Crippen MR) is 84.1 cm³/mol. The van der Waals surface area contributed by atoms with Crippen molar-refractivity contribution < 1.29 is 0 Å². The molecule has 1 heterocycles. The lowest BCUT2D eigenvalue weighted by Crippen LogP contribution is -2.01. The minimum absolute atomic E-state index is 0.616. The van der Waals surface area contributed by atoms with E-state index < -0.39 is 0 Å². The second-order valence-corrected chi connectivity index (χ2v) is 4.99. The van der Waals surface area contributed by atoms with Crippen LogP contribution in [0.2, 0.25) is 0 Å². The maximum absolute atomic E-state index is 8.88. The van der Waals surface area contributed by atoms with Crippen molar-refractivity contribution in [2.75, 3.05) is 0 Å². The molecule has 4 nitrogen and oxygen atoms in total. The highest BCUT2D eigenvalue weighted by Gasteiger charge is 2.14. The molecule has 0 amide bonds. The van der Waals surface area contributed by atoms with Gasteiger partial charge in [0.1, 0.15) is 5.82 Å². The van der Waals surface area contributed by atoms with Gasteiger partial charge in [-0.2, -0.15) is 5.26 Å². The molecule has 1 aromatic heterocycles. The maximum Gasteiger partial charge on any atom is 0.168 e. The molecule has 3 rings (SSSR count). The lowest BCUT2D eigenvalue weighted by Gasteiger charge is -2.09. The first-order valence-electron chi connectivity index (χ1n) is 6.39. The van der Waals surface area contributed by atoms with Gasteiger partial charge >= 0.3 is 0 Å². The van der Waals surface area contributed by atoms with Crippen molar-refractivity contribution in [2.24, 2.45) is 0 Å². The number of hydrogen-bond donors (Lipinski definition) is 0. The molecule has 0 fully saturated rings. The predicted octanol–water partition coefficient (Wildman–Crippen LogP) is 3.70. The van der Waals surface area contributed by atoms with Crippen LogP contribution >= 0.6 is 15.9 Å². The number of nitrogens with zero attached hydrogens (tertiary/aromatic N) is 4. The maximum atomic E-state index is 8.88. The number of para-hydroxylation sites is 1. The Morgan fingerprint density at radius 3 is 2.33 bits per heavy atom. The fourth-order valence-corrected chi connectivity index (χ4v) is 2.50. The summed E-state index contributed by atoms with van der Waals surface area (Å²) < 4.78 is 2.01. The highest BCUT2D eigenvalue weighted by Crippen LogP contribution is 2.24. The number of hydrogen-bond acceptors (Lipinski definition) is 3. The molecule has 5 heteroatoms. The fraction of sp³-hybridized carbons (Fsp3) is 0.0625. The van der Waals surface area contributed by atoms with Gasteiger partial charge in [0.2, 0.25) is 0 Å². The number of nitriles is 1. The summed E-state index contributed by atoms with van der Waals surface area (Å²) in [5.41, 5.74) is 2.57. The Bertz CT molecular complexity index is 785. The van der Waals surface area contributed by atoms with Crippen molar-refractivity contribution in [1.82, 2.24) is 14.8 Å². The summed E-state index contributed by atoms with van der Waals surface area (Å²) in [6.45, 7) is 0. The van der Waals surface area contributed by atoms with Crippen LogP contribution in [0.4, 0.5) is 0 Å². The van der Waals surface area contributed by atoms with Crippen LogP contribution in [-0.2, 0) is 5.33 Å². The van der Waals surface area contributed by atoms with Gasteiger partial charge in [-0.25, -0.2) is 0 Å². The molecule has 0 saturated heterocycles.